The third-order valence-electron chi connectivity index (χ3n) is 2.37. The molecule has 0 atom stereocenters. The van der Waals surface area contributed by atoms with Gasteiger partial charge in [0.1, 0.15) is 0 Å². The highest BCUT2D eigenvalue weighted by molar-refractivity contribution is 6.32. The van der Waals surface area contributed by atoms with Gasteiger partial charge in [0.25, 0.3) is 0 Å². The van der Waals surface area contributed by atoms with Crippen LogP contribution in [0.4, 0.5) is 10.5 Å². The maximum Gasteiger partial charge on any atom is 0.323 e. The molecule has 102 valence electrons. The second-order valence-corrected chi connectivity index (χ2v) is 4.62. The second-order valence-electron chi connectivity index (χ2n) is 3.83. The highest BCUT2D eigenvalue weighted by Crippen LogP contribution is 2.17. The summed E-state index contributed by atoms with van der Waals surface area (Å²) >= 11 is 11.6. The van der Waals surface area contributed by atoms with Crippen molar-refractivity contribution in [3.8, 4) is 0 Å². The van der Waals surface area contributed by atoms with Gasteiger partial charge in [-0.1, -0.05) is 35.3 Å². The molecule has 2 aromatic rings. The van der Waals surface area contributed by atoms with Crippen molar-refractivity contribution < 1.29 is 4.79 Å². The zero-order valence-corrected chi connectivity index (χ0v) is 11.8. The van der Waals surface area contributed by atoms with Gasteiger partial charge in [-0.2, -0.15) is 0 Å². The van der Waals surface area contributed by atoms with E-state index in [-0.39, 0.29) is 5.15 Å². The molecule has 1 aromatic carbocycles. The van der Waals surface area contributed by atoms with Crippen LogP contribution in [0.5, 0.6) is 0 Å². The molecular formula is C14H11Cl2N3O. The summed E-state index contributed by atoms with van der Waals surface area (Å²) in [6.07, 6.45) is 4.83. The summed E-state index contributed by atoms with van der Waals surface area (Å²) in [5, 5.41) is 6.07. The molecule has 2 N–H and O–H groups in total. The number of carbonyl (C=O) groups excluding carboxylic acids is 1. The zero-order chi connectivity index (χ0) is 14.4. The summed E-state index contributed by atoms with van der Waals surface area (Å²) in [4.78, 5) is 15.5. The van der Waals surface area contributed by atoms with Gasteiger partial charge in [-0.3, -0.25) is 0 Å². The maximum absolute atomic E-state index is 11.6. The van der Waals surface area contributed by atoms with Crippen LogP contribution in [0.25, 0.3) is 6.08 Å². The van der Waals surface area contributed by atoms with E-state index in [2.05, 4.69) is 15.6 Å². The number of pyridine rings is 1. The first-order valence-electron chi connectivity index (χ1n) is 5.75. The average molecular weight is 308 g/mol. The number of amides is 2. The standard InChI is InChI=1S/C14H11Cl2N3O/c15-11-5-3-10(4-6-11)7-9-18-14(20)19-12-2-1-8-17-13(12)16/h1-9H,(H2,18,19,20)/b9-7+. The lowest BCUT2D eigenvalue weighted by atomic mass is 10.2. The fraction of sp³-hybridized carbons (Fsp3) is 0. The first kappa shape index (κ1) is 14.4. The van der Waals surface area contributed by atoms with Crippen molar-refractivity contribution >= 4 is 41.0 Å². The van der Waals surface area contributed by atoms with Crippen LogP contribution < -0.4 is 10.6 Å². The van der Waals surface area contributed by atoms with Gasteiger partial charge >= 0.3 is 6.03 Å². The fourth-order valence-electron chi connectivity index (χ4n) is 1.43. The molecule has 1 heterocycles. The van der Waals surface area contributed by atoms with E-state index in [1.165, 1.54) is 6.20 Å². The number of nitrogens with zero attached hydrogens (tertiary/aromatic N) is 1. The minimum Gasteiger partial charge on any atom is -0.314 e. The van der Waals surface area contributed by atoms with Crippen molar-refractivity contribution in [2.75, 3.05) is 5.32 Å². The van der Waals surface area contributed by atoms with Gasteiger partial charge in [-0.25, -0.2) is 9.78 Å². The summed E-state index contributed by atoms with van der Waals surface area (Å²) < 4.78 is 0. The Morgan fingerprint density at radius 1 is 1.15 bits per heavy atom. The quantitative estimate of drug-likeness (QED) is 0.836. The highest BCUT2D eigenvalue weighted by Gasteiger charge is 2.03. The molecule has 0 saturated carbocycles. The van der Waals surface area contributed by atoms with Gasteiger partial charge in [-0.05, 0) is 35.9 Å². The van der Waals surface area contributed by atoms with Gasteiger partial charge in [0, 0.05) is 17.4 Å². The first-order valence-corrected chi connectivity index (χ1v) is 6.51. The monoisotopic (exact) mass is 307 g/mol. The third-order valence-corrected chi connectivity index (χ3v) is 2.92. The molecule has 0 spiro atoms. The Labute approximate surface area is 126 Å². The van der Waals surface area contributed by atoms with E-state index in [1.807, 2.05) is 12.1 Å². The average Bonchev–Trinajstić information content (AvgIpc) is 2.44. The molecule has 0 aliphatic rings. The summed E-state index contributed by atoms with van der Waals surface area (Å²) in [6.45, 7) is 0. The van der Waals surface area contributed by atoms with Gasteiger partial charge in [0.2, 0.25) is 0 Å². The number of hydrogen-bond acceptors (Lipinski definition) is 2. The van der Waals surface area contributed by atoms with Crippen LogP contribution in [0.15, 0.2) is 48.8 Å². The molecule has 0 saturated heterocycles. The van der Waals surface area contributed by atoms with Gasteiger partial charge in [-0.15, -0.1) is 0 Å². The number of benzene rings is 1. The lowest BCUT2D eigenvalue weighted by molar-refractivity contribution is 0.255. The Bertz CT molecular complexity index is 627. The molecule has 0 bridgehead atoms. The molecule has 0 fully saturated rings. The Kier molecular flexibility index (Phi) is 4.98. The fourth-order valence-corrected chi connectivity index (χ4v) is 1.72. The predicted molar refractivity (Wildman–Crippen MR) is 81.9 cm³/mol. The van der Waals surface area contributed by atoms with E-state index in [0.29, 0.717) is 10.7 Å². The van der Waals surface area contributed by atoms with E-state index < -0.39 is 6.03 Å². The smallest absolute Gasteiger partial charge is 0.314 e. The highest BCUT2D eigenvalue weighted by atomic mass is 35.5. The maximum atomic E-state index is 11.6. The summed E-state index contributed by atoms with van der Waals surface area (Å²) in [5.41, 5.74) is 1.38. The van der Waals surface area contributed by atoms with Crippen LogP contribution in [-0.2, 0) is 0 Å². The molecule has 0 unspecified atom stereocenters. The molecule has 0 radical (unpaired) electrons. The molecule has 1 aromatic heterocycles. The minimum absolute atomic E-state index is 0.240. The molecular weight excluding hydrogens is 297 g/mol. The molecule has 0 aliphatic carbocycles. The number of carbonyl (C=O) groups is 1. The van der Waals surface area contributed by atoms with E-state index in [4.69, 9.17) is 23.2 Å². The van der Waals surface area contributed by atoms with Gasteiger partial charge in [0.05, 0.1) is 5.69 Å². The molecule has 0 aliphatic heterocycles. The Balaban J connectivity index is 1.89. The van der Waals surface area contributed by atoms with E-state index in [1.54, 1.807) is 36.5 Å². The van der Waals surface area contributed by atoms with Crippen molar-refractivity contribution in [3.05, 3.63) is 64.5 Å². The SMILES string of the molecule is O=C(N/C=C/c1ccc(Cl)cc1)Nc1cccnc1Cl. The van der Waals surface area contributed by atoms with Crippen LogP contribution >= 0.6 is 23.2 Å². The molecule has 4 nitrogen and oxygen atoms in total. The van der Waals surface area contributed by atoms with Crippen LogP contribution in [0, 0.1) is 0 Å². The summed E-state index contributed by atoms with van der Waals surface area (Å²) in [5.74, 6) is 0. The zero-order valence-electron chi connectivity index (χ0n) is 10.3. The molecule has 2 amide bonds. The topological polar surface area (TPSA) is 54.0 Å². The summed E-state index contributed by atoms with van der Waals surface area (Å²) in [7, 11) is 0. The number of aromatic nitrogens is 1. The molecule has 2 rings (SSSR count). The number of urea groups is 1. The largest absolute Gasteiger partial charge is 0.323 e. The predicted octanol–water partition coefficient (Wildman–Crippen LogP) is 4.18. The van der Waals surface area contributed by atoms with Crippen molar-refractivity contribution in [2.45, 2.75) is 0 Å². The van der Waals surface area contributed by atoms with Crippen molar-refractivity contribution in [2.24, 2.45) is 0 Å². The van der Waals surface area contributed by atoms with E-state index in [0.717, 1.165) is 5.56 Å². The van der Waals surface area contributed by atoms with E-state index >= 15 is 0 Å². The Morgan fingerprint density at radius 3 is 2.60 bits per heavy atom. The van der Waals surface area contributed by atoms with Crippen LogP contribution in [0.1, 0.15) is 5.56 Å². The number of hydrogen-bond donors (Lipinski definition) is 2. The Morgan fingerprint density at radius 2 is 1.90 bits per heavy atom. The number of rotatable bonds is 3. The Hall–Kier alpha value is -2.04. The van der Waals surface area contributed by atoms with Crippen LogP contribution in [0.3, 0.4) is 0 Å². The number of nitrogens with one attached hydrogen (secondary N) is 2. The van der Waals surface area contributed by atoms with Gasteiger partial charge in [0.15, 0.2) is 5.15 Å². The van der Waals surface area contributed by atoms with Crippen LogP contribution in [-0.4, -0.2) is 11.0 Å². The number of halogens is 2. The third kappa shape index (κ3) is 4.26. The second kappa shape index (κ2) is 6.93. The molecule has 6 heteroatoms. The van der Waals surface area contributed by atoms with Crippen molar-refractivity contribution in [1.82, 2.24) is 10.3 Å². The van der Waals surface area contributed by atoms with Crippen LogP contribution in [0.2, 0.25) is 10.2 Å². The first-order chi connectivity index (χ1) is 9.65. The summed E-state index contributed by atoms with van der Waals surface area (Å²) in [6, 6.07) is 10.2. The normalized spacial score (nSPS) is 10.5. The number of anilines is 1. The lowest BCUT2D eigenvalue weighted by Gasteiger charge is -2.05. The van der Waals surface area contributed by atoms with Gasteiger partial charge < -0.3 is 10.6 Å². The minimum atomic E-state index is -0.398. The molecule has 20 heavy (non-hydrogen) atoms. The van der Waals surface area contributed by atoms with Crippen molar-refractivity contribution in [3.63, 3.8) is 0 Å². The van der Waals surface area contributed by atoms with E-state index in [9.17, 15) is 4.79 Å². The van der Waals surface area contributed by atoms with Crippen molar-refractivity contribution in [1.29, 1.82) is 0 Å². The lowest BCUT2D eigenvalue weighted by Crippen LogP contribution is -2.23.